The fraction of sp³-hybridized carbons (Fsp3) is 0. The quantitative estimate of drug-likeness (QED) is 0.135. The summed E-state index contributed by atoms with van der Waals surface area (Å²) in [5.74, 6) is 0. The molecule has 0 aliphatic rings. The average Bonchev–Trinajstić information content (AvgIpc) is 3.24. The van der Waals surface area contributed by atoms with E-state index in [1.54, 1.807) is 0 Å². The first kappa shape index (κ1) is 32.4. The van der Waals surface area contributed by atoms with Crippen molar-refractivity contribution in [3.8, 4) is 11.1 Å². The zero-order valence-electron chi connectivity index (χ0n) is 28.9. The first-order valence-electron chi connectivity index (χ1n) is 17.9. The largest absolute Gasteiger partial charge is 0.0622 e. The minimum Gasteiger partial charge on any atom is -0.0622 e. The Morgan fingerprint density at radius 1 is 0.212 bits per heavy atom. The van der Waals surface area contributed by atoms with E-state index in [4.69, 9.17) is 0 Å². The summed E-state index contributed by atoms with van der Waals surface area (Å²) in [5.41, 5.74) is 16.4. The summed E-state index contributed by atoms with van der Waals surface area (Å²) in [7, 11) is 0. The second-order valence-corrected chi connectivity index (χ2v) is 12.8. The van der Waals surface area contributed by atoms with Crippen molar-refractivity contribution in [1.82, 2.24) is 0 Å². The first-order chi connectivity index (χ1) is 25.9. The molecule has 0 saturated carbocycles. The fourth-order valence-corrected chi connectivity index (χ4v) is 7.28. The Balaban J connectivity index is 1.62. The molecule has 0 aliphatic heterocycles. The molecular formula is C52H38. The van der Waals surface area contributed by atoms with Crippen molar-refractivity contribution in [2.24, 2.45) is 0 Å². The van der Waals surface area contributed by atoms with Gasteiger partial charge in [0.1, 0.15) is 0 Å². The average molecular weight is 663 g/mol. The molecule has 0 heterocycles. The molecule has 0 aliphatic carbocycles. The predicted molar refractivity (Wildman–Crippen MR) is 221 cm³/mol. The van der Waals surface area contributed by atoms with Crippen LogP contribution >= 0.6 is 0 Å². The van der Waals surface area contributed by atoms with Gasteiger partial charge in [0, 0.05) is 0 Å². The highest BCUT2D eigenvalue weighted by molar-refractivity contribution is 6.13. The summed E-state index contributed by atoms with van der Waals surface area (Å²) in [6, 6.07) is 82.9. The Bertz CT molecular complexity index is 2340. The molecule has 246 valence electrons. The number of hydrogen-bond donors (Lipinski definition) is 0. The molecule has 8 rings (SSSR count). The fourth-order valence-electron chi connectivity index (χ4n) is 7.28. The van der Waals surface area contributed by atoms with Crippen LogP contribution < -0.4 is 0 Å². The number of benzene rings is 8. The van der Waals surface area contributed by atoms with Crippen LogP contribution in [0, 0.1) is 0 Å². The van der Waals surface area contributed by atoms with Gasteiger partial charge in [-0.3, -0.25) is 0 Å². The van der Waals surface area contributed by atoms with Crippen molar-refractivity contribution in [2.45, 2.75) is 0 Å². The van der Waals surface area contributed by atoms with Gasteiger partial charge in [0.2, 0.25) is 0 Å². The van der Waals surface area contributed by atoms with Gasteiger partial charge in [-0.15, -0.1) is 0 Å². The van der Waals surface area contributed by atoms with E-state index in [1.807, 2.05) is 0 Å². The normalized spacial score (nSPS) is 10.7. The molecular weight excluding hydrogens is 625 g/mol. The summed E-state index contributed by atoms with van der Waals surface area (Å²) >= 11 is 0. The molecule has 8 aromatic rings. The molecule has 0 amide bonds. The third-order valence-electron chi connectivity index (χ3n) is 9.54. The van der Waals surface area contributed by atoms with E-state index in [2.05, 4.69) is 231 Å². The van der Waals surface area contributed by atoms with Crippen molar-refractivity contribution in [2.75, 3.05) is 0 Å². The van der Waals surface area contributed by atoms with Crippen molar-refractivity contribution in [3.63, 3.8) is 0 Å². The zero-order chi connectivity index (χ0) is 35.0. The van der Waals surface area contributed by atoms with E-state index in [1.165, 1.54) is 55.7 Å². The van der Waals surface area contributed by atoms with Crippen LogP contribution in [-0.4, -0.2) is 0 Å². The zero-order valence-corrected chi connectivity index (χ0v) is 28.9. The lowest BCUT2D eigenvalue weighted by molar-refractivity contribution is 1.45. The Labute approximate surface area is 307 Å². The van der Waals surface area contributed by atoms with Crippen molar-refractivity contribution < 1.29 is 0 Å². The number of rotatable bonds is 9. The van der Waals surface area contributed by atoms with E-state index < -0.39 is 0 Å². The molecule has 8 aromatic carbocycles. The highest BCUT2D eigenvalue weighted by Crippen LogP contribution is 2.47. The van der Waals surface area contributed by atoms with Gasteiger partial charge in [-0.25, -0.2) is 0 Å². The Morgan fingerprint density at radius 2 is 0.500 bits per heavy atom. The predicted octanol–water partition coefficient (Wildman–Crippen LogP) is 13.4. The minimum absolute atomic E-state index is 1.16. The van der Waals surface area contributed by atoms with Gasteiger partial charge in [-0.1, -0.05) is 231 Å². The summed E-state index contributed by atoms with van der Waals surface area (Å²) in [5, 5.41) is 0. The molecule has 0 fully saturated rings. The van der Waals surface area contributed by atoms with E-state index in [0.29, 0.717) is 0 Å². The molecule has 0 heteroatoms. The van der Waals surface area contributed by atoms with Gasteiger partial charge in [-0.2, -0.15) is 0 Å². The molecule has 52 heavy (non-hydrogen) atoms. The van der Waals surface area contributed by atoms with Crippen LogP contribution in [0.25, 0.3) is 33.4 Å². The summed E-state index contributed by atoms with van der Waals surface area (Å²) in [6.45, 7) is 0. The van der Waals surface area contributed by atoms with Gasteiger partial charge in [0.15, 0.2) is 0 Å². The monoisotopic (exact) mass is 662 g/mol. The van der Waals surface area contributed by atoms with Gasteiger partial charge < -0.3 is 0 Å². The van der Waals surface area contributed by atoms with Crippen LogP contribution in [0.15, 0.2) is 231 Å². The summed E-state index contributed by atoms with van der Waals surface area (Å²) in [6.07, 6.45) is 0. The molecule has 0 spiro atoms. The molecule has 0 aromatic heterocycles. The maximum absolute atomic E-state index is 2.33. The minimum atomic E-state index is 1.16. The van der Waals surface area contributed by atoms with Crippen LogP contribution in [0.4, 0.5) is 0 Å². The van der Waals surface area contributed by atoms with Crippen molar-refractivity contribution >= 4 is 22.3 Å². The topological polar surface area (TPSA) is 0 Å². The smallest absolute Gasteiger partial charge is 0.00139 e. The Morgan fingerprint density at radius 3 is 0.865 bits per heavy atom. The van der Waals surface area contributed by atoms with Crippen molar-refractivity contribution in [3.05, 3.63) is 275 Å². The molecule has 0 saturated heterocycles. The molecule has 0 bridgehead atoms. The SMILES string of the molecule is c1ccc(C(=C(c2ccccc2)c2cccc(-c3ccccc3)c2C(=C(c2ccccc2)c2ccccc2)c2ccccc2)c2ccccc2)cc1. The molecule has 0 atom stereocenters. The van der Waals surface area contributed by atoms with Gasteiger partial charge in [0.25, 0.3) is 0 Å². The van der Waals surface area contributed by atoms with E-state index in [9.17, 15) is 0 Å². The second-order valence-electron chi connectivity index (χ2n) is 12.8. The number of hydrogen-bond acceptors (Lipinski definition) is 0. The summed E-state index contributed by atoms with van der Waals surface area (Å²) < 4.78 is 0. The van der Waals surface area contributed by atoms with Crippen LogP contribution in [0.1, 0.15) is 44.5 Å². The van der Waals surface area contributed by atoms with E-state index >= 15 is 0 Å². The second kappa shape index (κ2) is 15.4. The lowest BCUT2D eigenvalue weighted by Gasteiger charge is -2.26. The van der Waals surface area contributed by atoms with Crippen LogP contribution in [0.2, 0.25) is 0 Å². The Hall–Kier alpha value is -6.76. The van der Waals surface area contributed by atoms with Gasteiger partial charge >= 0.3 is 0 Å². The maximum atomic E-state index is 2.33. The highest BCUT2D eigenvalue weighted by Gasteiger charge is 2.26. The third-order valence-corrected chi connectivity index (χ3v) is 9.54. The van der Waals surface area contributed by atoms with Crippen LogP contribution in [0.5, 0.6) is 0 Å². The van der Waals surface area contributed by atoms with Crippen molar-refractivity contribution in [1.29, 1.82) is 0 Å². The highest BCUT2D eigenvalue weighted by atomic mass is 14.3. The van der Waals surface area contributed by atoms with E-state index in [-0.39, 0.29) is 0 Å². The standard InChI is InChI=1S/C52H38/c1-8-23-39(24-9-1)46-37-22-38-47(50(44-33-18-6-19-34-44)48(40-25-10-2-11-26-40)41-27-12-3-13-28-41)52(46)51(45-35-20-7-21-36-45)49(42-29-14-4-15-30-42)43-31-16-5-17-32-43/h1-38H. The lowest BCUT2D eigenvalue weighted by atomic mass is 9.77. The molecule has 0 unspecified atom stereocenters. The Kier molecular flexibility index (Phi) is 9.62. The summed E-state index contributed by atoms with van der Waals surface area (Å²) in [4.78, 5) is 0. The molecule has 0 N–H and O–H groups in total. The third kappa shape index (κ3) is 6.71. The van der Waals surface area contributed by atoms with Crippen LogP contribution in [0.3, 0.4) is 0 Å². The lowest BCUT2D eigenvalue weighted by Crippen LogP contribution is -2.05. The maximum Gasteiger partial charge on any atom is -0.00139 e. The van der Waals surface area contributed by atoms with Gasteiger partial charge in [-0.05, 0) is 77.9 Å². The van der Waals surface area contributed by atoms with Crippen LogP contribution in [-0.2, 0) is 0 Å². The van der Waals surface area contributed by atoms with E-state index in [0.717, 1.165) is 22.3 Å². The molecule has 0 nitrogen and oxygen atoms in total. The first-order valence-corrected chi connectivity index (χ1v) is 17.9. The molecule has 0 radical (unpaired) electrons. The van der Waals surface area contributed by atoms with Gasteiger partial charge in [0.05, 0.1) is 0 Å².